The number of hydrogen-bond donors (Lipinski definition) is 1. The van der Waals surface area contributed by atoms with Crippen molar-refractivity contribution >= 4 is 10.1 Å². The molecule has 0 amide bonds. The Kier molecular flexibility index (Phi) is 18.7. The molecular weight excluding hydrogens is 327 g/mol. The van der Waals surface area contributed by atoms with E-state index in [2.05, 4.69) is 13.8 Å². The van der Waals surface area contributed by atoms with E-state index in [1.807, 2.05) is 0 Å². The van der Waals surface area contributed by atoms with Crippen molar-refractivity contribution in [3.05, 3.63) is 0 Å². The predicted octanol–water partition coefficient (Wildman–Crippen LogP) is 0.986. The summed E-state index contributed by atoms with van der Waals surface area (Å²) < 4.78 is 33.9. The van der Waals surface area contributed by atoms with Crippen LogP contribution in [-0.4, -0.2) is 29.4 Å². The molecule has 2 unspecified atom stereocenters. The molecule has 0 radical (unpaired) electrons. The normalized spacial score (nSPS) is 14.4. The van der Waals surface area contributed by atoms with Crippen LogP contribution in [0.15, 0.2) is 0 Å². The standard InChI is InChI=1S/C16H34O4S.K/c1-3-5-7-9-11-13-15(17)16(21(18,19)20)14-12-10-8-6-4-2;/h15-17H,3-14H2,1-2H3,(H,18,19,20);/q;+1/p-1. The van der Waals surface area contributed by atoms with Gasteiger partial charge in [0.05, 0.1) is 11.4 Å². The molecule has 0 saturated carbocycles. The van der Waals surface area contributed by atoms with Gasteiger partial charge in [0.1, 0.15) is 10.1 Å². The minimum Gasteiger partial charge on any atom is -0.748 e. The number of hydrogen-bond acceptors (Lipinski definition) is 4. The quantitative estimate of drug-likeness (QED) is 0.285. The van der Waals surface area contributed by atoms with Crippen LogP contribution in [0.25, 0.3) is 0 Å². The summed E-state index contributed by atoms with van der Waals surface area (Å²) in [6.07, 6.45) is 9.90. The zero-order valence-electron chi connectivity index (χ0n) is 14.7. The molecule has 6 heteroatoms. The minimum absolute atomic E-state index is 0. The van der Waals surface area contributed by atoms with E-state index in [1.165, 1.54) is 0 Å². The van der Waals surface area contributed by atoms with Crippen molar-refractivity contribution in [2.75, 3.05) is 0 Å². The third kappa shape index (κ3) is 13.9. The van der Waals surface area contributed by atoms with Crippen LogP contribution in [0, 0.1) is 0 Å². The Balaban J connectivity index is 0. The van der Waals surface area contributed by atoms with Gasteiger partial charge in [-0.25, -0.2) is 8.42 Å². The first-order chi connectivity index (χ1) is 9.93. The largest absolute Gasteiger partial charge is 1.00 e. The Morgan fingerprint density at radius 2 is 1.23 bits per heavy atom. The topological polar surface area (TPSA) is 77.4 Å². The minimum atomic E-state index is -4.40. The van der Waals surface area contributed by atoms with Crippen molar-refractivity contribution < 1.29 is 69.5 Å². The molecule has 0 fully saturated rings. The zero-order valence-corrected chi connectivity index (χ0v) is 18.7. The molecule has 0 aliphatic rings. The molecular formula is C16H33KO4S. The summed E-state index contributed by atoms with van der Waals surface area (Å²) in [6, 6.07) is 0. The molecule has 0 aliphatic carbocycles. The molecule has 0 aliphatic heterocycles. The summed E-state index contributed by atoms with van der Waals surface area (Å²) in [5, 5.41) is 8.90. The summed E-state index contributed by atoms with van der Waals surface area (Å²) >= 11 is 0. The fourth-order valence-electron chi connectivity index (χ4n) is 2.62. The maximum atomic E-state index is 11.3. The van der Waals surface area contributed by atoms with Crippen LogP contribution in [0.4, 0.5) is 0 Å². The van der Waals surface area contributed by atoms with Crippen molar-refractivity contribution in [3.8, 4) is 0 Å². The molecule has 2 atom stereocenters. The molecule has 0 aromatic rings. The Hall–Kier alpha value is 1.51. The third-order valence-corrected chi connectivity index (χ3v) is 5.29. The maximum Gasteiger partial charge on any atom is 1.00 e. The van der Waals surface area contributed by atoms with Gasteiger partial charge in [0, 0.05) is 0 Å². The molecule has 128 valence electrons. The summed E-state index contributed by atoms with van der Waals surface area (Å²) in [4.78, 5) is 0. The molecule has 22 heavy (non-hydrogen) atoms. The molecule has 4 nitrogen and oxygen atoms in total. The molecule has 0 spiro atoms. The number of aliphatic hydroxyl groups excluding tert-OH is 1. The summed E-state index contributed by atoms with van der Waals surface area (Å²) in [7, 11) is -4.40. The summed E-state index contributed by atoms with van der Waals surface area (Å²) in [6.45, 7) is 4.25. The van der Waals surface area contributed by atoms with Gasteiger partial charge in [-0.3, -0.25) is 0 Å². The zero-order chi connectivity index (χ0) is 16.1. The first-order valence-electron chi connectivity index (χ1n) is 8.56. The van der Waals surface area contributed by atoms with Crippen molar-refractivity contribution in [3.63, 3.8) is 0 Å². The van der Waals surface area contributed by atoms with Crippen LogP contribution >= 0.6 is 0 Å². The third-order valence-electron chi connectivity index (χ3n) is 4.00. The molecule has 0 rings (SSSR count). The number of aliphatic hydroxyl groups is 1. The molecule has 0 aromatic carbocycles. The van der Waals surface area contributed by atoms with Gasteiger partial charge in [-0.05, 0) is 12.8 Å². The van der Waals surface area contributed by atoms with Gasteiger partial charge in [0.2, 0.25) is 0 Å². The van der Waals surface area contributed by atoms with E-state index in [9.17, 15) is 18.1 Å². The fraction of sp³-hybridized carbons (Fsp3) is 1.00. The second kappa shape index (κ2) is 16.0. The van der Waals surface area contributed by atoms with Gasteiger partial charge in [-0.1, -0.05) is 78.1 Å². The molecule has 0 bridgehead atoms. The SMILES string of the molecule is CCCCCCCC(O)C(CCCCCCC)S(=O)(=O)[O-].[K+]. The first-order valence-corrected chi connectivity index (χ1v) is 10.0. The summed E-state index contributed by atoms with van der Waals surface area (Å²) in [5.41, 5.74) is 0. The second-order valence-corrected chi connectivity index (χ2v) is 7.60. The van der Waals surface area contributed by atoms with Crippen molar-refractivity contribution in [2.24, 2.45) is 0 Å². The Morgan fingerprint density at radius 1 is 0.818 bits per heavy atom. The average molecular weight is 361 g/mol. The predicted molar refractivity (Wildman–Crippen MR) is 86.2 cm³/mol. The van der Waals surface area contributed by atoms with Gasteiger partial charge in [-0.2, -0.15) is 0 Å². The Morgan fingerprint density at radius 3 is 1.64 bits per heavy atom. The van der Waals surface area contributed by atoms with Gasteiger partial charge >= 0.3 is 51.4 Å². The monoisotopic (exact) mass is 360 g/mol. The van der Waals surface area contributed by atoms with Crippen molar-refractivity contribution in [1.29, 1.82) is 0 Å². The Bertz CT molecular complexity index is 333. The molecule has 0 aromatic heterocycles. The van der Waals surface area contributed by atoms with Crippen molar-refractivity contribution in [1.82, 2.24) is 0 Å². The second-order valence-electron chi connectivity index (χ2n) is 6.00. The van der Waals surface area contributed by atoms with E-state index in [-0.39, 0.29) is 51.4 Å². The molecule has 1 N–H and O–H groups in total. The smallest absolute Gasteiger partial charge is 0.748 e. The number of rotatable bonds is 14. The number of unbranched alkanes of at least 4 members (excludes halogenated alkanes) is 8. The first kappa shape index (κ1) is 25.7. The van der Waals surface area contributed by atoms with E-state index in [1.54, 1.807) is 0 Å². The fourth-order valence-corrected chi connectivity index (χ4v) is 3.60. The van der Waals surface area contributed by atoms with Gasteiger partial charge in [0.25, 0.3) is 0 Å². The molecule has 0 saturated heterocycles. The van der Waals surface area contributed by atoms with E-state index < -0.39 is 21.5 Å². The molecule has 0 heterocycles. The van der Waals surface area contributed by atoms with Gasteiger partial charge in [-0.15, -0.1) is 0 Å². The maximum absolute atomic E-state index is 11.3. The van der Waals surface area contributed by atoms with Crippen LogP contribution in [-0.2, 0) is 10.1 Å². The van der Waals surface area contributed by atoms with Crippen LogP contribution in [0.5, 0.6) is 0 Å². The van der Waals surface area contributed by atoms with Crippen LogP contribution in [0.3, 0.4) is 0 Å². The van der Waals surface area contributed by atoms with E-state index in [0.717, 1.165) is 57.8 Å². The van der Waals surface area contributed by atoms with Gasteiger partial charge < -0.3 is 9.66 Å². The van der Waals surface area contributed by atoms with Gasteiger partial charge in [0.15, 0.2) is 0 Å². The van der Waals surface area contributed by atoms with Crippen LogP contribution in [0.1, 0.15) is 90.9 Å². The average Bonchev–Trinajstić information content (AvgIpc) is 2.41. The Labute approximate surface area is 180 Å². The van der Waals surface area contributed by atoms with E-state index in [4.69, 9.17) is 0 Å². The van der Waals surface area contributed by atoms with Crippen LogP contribution in [0.2, 0.25) is 0 Å². The van der Waals surface area contributed by atoms with E-state index in [0.29, 0.717) is 19.3 Å². The van der Waals surface area contributed by atoms with Crippen molar-refractivity contribution in [2.45, 2.75) is 102 Å². The van der Waals surface area contributed by atoms with Crippen LogP contribution < -0.4 is 51.4 Å². The van der Waals surface area contributed by atoms with E-state index >= 15 is 0 Å². The summed E-state index contributed by atoms with van der Waals surface area (Å²) in [5.74, 6) is 0.